The van der Waals surface area contributed by atoms with Crippen LogP contribution in [0.2, 0.25) is 0 Å². The van der Waals surface area contributed by atoms with Crippen LogP contribution in [-0.4, -0.2) is 27.2 Å². The molecule has 3 heteroatoms. The van der Waals surface area contributed by atoms with Gasteiger partial charge in [0, 0.05) is 5.33 Å². The normalized spacial score (nSPS) is 15.7. The zero-order chi connectivity index (χ0) is 7.49. The molecule has 0 saturated carbocycles. The molecule has 0 heterocycles. The summed E-state index contributed by atoms with van der Waals surface area (Å²) in [4.78, 5) is 0. The van der Waals surface area contributed by atoms with Crippen molar-refractivity contribution in [2.75, 3.05) is 5.33 Å². The molecular weight excluding hydrogens is 184 g/mol. The minimum atomic E-state index is -0.965. The summed E-state index contributed by atoms with van der Waals surface area (Å²) in [5.74, 6) is 0. The molecule has 0 aliphatic rings. The van der Waals surface area contributed by atoms with Gasteiger partial charge >= 0.3 is 0 Å². The van der Waals surface area contributed by atoms with E-state index in [0.29, 0.717) is 6.42 Å². The van der Waals surface area contributed by atoms with Gasteiger partial charge in [0.1, 0.15) is 0 Å². The summed E-state index contributed by atoms with van der Waals surface area (Å²) >= 11 is 3.17. The van der Waals surface area contributed by atoms with Crippen molar-refractivity contribution in [3.05, 3.63) is 0 Å². The number of rotatable bonds is 3. The van der Waals surface area contributed by atoms with Crippen LogP contribution in [0.1, 0.15) is 20.3 Å². The maximum absolute atomic E-state index is 9.15. The second-order valence-electron chi connectivity index (χ2n) is 2.65. The first-order valence-corrected chi connectivity index (χ1v) is 4.07. The highest BCUT2D eigenvalue weighted by atomic mass is 79.9. The summed E-state index contributed by atoms with van der Waals surface area (Å²) in [6.07, 6.45) is -0.0411. The molecule has 1 atom stereocenters. The molecule has 0 rings (SSSR count). The summed E-state index contributed by atoms with van der Waals surface area (Å²) in [7, 11) is 0. The van der Waals surface area contributed by atoms with Gasteiger partial charge in [0.2, 0.25) is 0 Å². The van der Waals surface area contributed by atoms with Gasteiger partial charge in [-0.25, -0.2) is 0 Å². The molecule has 0 aromatic carbocycles. The minimum absolute atomic E-state index is 0.587. The van der Waals surface area contributed by atoms with Gasteiger partial charge in [0.15, 0.2) is 0 Å². The predicted octanol–water partition coefficient (Wildman–Crippen LogP) is 0.903. The number of halogens is 1. The van der Waals surface area contributed by atoms with Gasteiger partial charge in [-0.3, -0.25) is 0 Å². The Morgan fingerprint density at radius 1 is 1.56 bits per heavy atom. The van der Waals surface area contributed by atoms with Gasteiger partial charge < -0.3 is 10.2 Å². The molecule has 0 amide bonds. The van der Waals surface area contributed by atoms with Gasteiger partial charge in [-0.15, -0.1) is 0 Å². The minimum Gasteiger partial charge on any atom is -0.390 e. The highest BCUT2D eigenvalue weighted by Gasteiger charge is 2.22. The van der Waals surface area contributed by atoms with Crippen molar-refractivity contribution < 1.29 is 10.2 Å². The number of hydrogen-bond acceptors (Lipinski definition) is 2. The van der Waals surface area contributed by atoms with Gasteiger partial charge in [-0.2, -0.15) is 0 Å². The Labute approximate surface area is 64.0 Å². The topological polar surface area (TPSA) is 40.5 Å². The van der Waals surface area contributed by atoms with Crippen molar-refractivity contribution in [1.29, 1.82) is 0 Å². The summed E-state index contributed by atoms with van der Waals surface area (Å²) < 4.78 is 0. The molecule has 0 saturated heterocycles. The molecule has 0 fully saturated rings. The first kappa shape index (κ1) is 9.40. The average Bonchev–Trinajstić information content (AvgIpc) is 1.64. The van der Waals surface area contributed by atoms with Crippen LogP contribution in [0.3, 0.4) is 0 Å². The van der Waals surface area contributed by atoms with Crippen LogP contribution in [-0.2, 0) is 0 Å². The van der Waals surface area contributed by atoms with E-state index in [0.717, 1.165) is 5.33 Å². The summed E-state index contributed by atoms with van der Waals surface area (Å²) in [5.41, 5.74) is -0.965. The average molecular weight is 197 g/mol. The Morgan fingerprint density at radius 3 is 2.11 bits per heavy atom. The fraction of sp³-hybridized carbons (Fsp3) is 1.00. The van der Waals surface area contributed by atoms with Crippen LogP contribution in [0.4, 0.5) is 0 Å². The van der Waals surface area contributed by atoms with Crippen LogP contribution >= 0.6 is 15.9 Å². The first-order chi connectivity index (χ1) is 3.98. The number of hydrogen-bond donors (Lipinski definition) is 2. The van der Waals surface area contributed by atoms with Crippen LogP contribution < -0.4 is 0 Å². The van der Waals surface area contributed by atoms with Gasteiger partial charge in [-0.05, 0) is 20.3 Å². The van der Waals surface area contributed by atoms with Crippen LogP contribution in [0, 0.1) is 0 Å². The fourth-order valence-electron chi connectivity index (χ4n) is 0.457. The third-order valence-electron chi connectivity index (χ3n) is 1.20. The second kappa shape index (κ2) is 3.54. The summed E-state index contributed by atoms with van der Waals surface area (Å²) in [6.45, 7) is 3.20. The molecule has 9 heavy (non-hydrogen) atoms. The van der Waals surface area contributed by atoms with Crippen molar-refractivity contribution >= 4 is 15.9 Å². The molecule has 0 spiro atoms. The highest BCUT2D eigenvalue weighted by molar-refractivity contribution is 9.09. The van der Waals surface area contributed by atoms with Crippen LogP contribution in [0.25, 0.3) is 0 Å². The zero-order valence-electron chi connectivity index (χ0n) is 5.76. The van der Waals surface area contributed by atoms with Crippen molar-refractivity contribution in [2.45, 2.75) is 32.0 Å². The molecule has 0 aromatic rings. The van der Waals surface area contributed by atoms with E-state index < -0.39 is 11.7 Å². The Hall–Kier alpha value is 0.400. The lowest BCUT2D eigenvalue weighted by atomic mass is 10.0. The molecule has 2 nitrogen and oxygen atoms in total. The lowest BCUT2D eigenvalue weighted by Crippen LogP contribution is -2.35. The number of aliphatic hydroxyl groups is 2. The van der Waals surface area contributed by atoms with E-state index in [1.807, 2.05) is 0 Å². The molecule has 0 aromatic heterocycles. The standard InChI is InChI=1S/C6H13BrO2/c1-6(2,9)5(8)3-4-7/h5,8-9H,3-4H2,1-2H3. The maximum atomic E-state index is 9.15. The Morgan fingerprint density at radius 2 is 2.00 bits per heavy atom. The van der Waals surface area contributed by atoms with E-state index in [9.17, 15) is 0 Å². The molecule has 0 radical (unpaired) electrons. The molecule has 0 aliphatic carbocycles. The second-order valence-corrected chi connectivity index (χ2v) is 3.44. The van der Waals surface area contributed by atoms with E-state index >= 15 is 0 Å². The Balaban J connectivity index is 3.59. The SMILES string of the molecule is CC(C)(O)C(O)CCBr. The number of alkyl halides is 1. The molecule has 1 unspecified atom stereocenters. The highest BCUT2D eigenvalue weighted by Crippen LogP contribution is 2.11. The van der Waals surface area contributed by atoms with Crippen LogP contribution in [0.15, 0.2) is 0 Å². The number of aliphatic hydroxyl groups excluding tert-OH is 1. The predicted molar refractivity (Wildman–Crippen MR) is 40.7 cm³/mol. The van der Waals surface area contributed by atoms with Crippen molar-refractivity contribution in [3.63, 3.8) is 0 Å². The summed E-state index contributed by atoms with van der Waals surface area (Å²) in [5, 5.41) is 19.0. The van der Waals surface area contributed by atoms with E-state index in [1.54, 1.807) is 13.8 Å². The quantitative estimate of drug-likeness (QED) is 0.660. The Bertz CT molecular complexity index is 77.6. The van der Waals surface area contributed by atoms with Gasteiger partial charge in [0.05, 0.1) is 11.7 Å². The van der Waals surface area contributed by atoms with Gasteiger partial charge in [-0.1, -0.05) is 15.9 Å². The maximum Gasteiger partial charge on any atom is 0.0849 e. The lowest BCUT2D eigenvalue weighted by Gasteiger charge is -2.23. The third-order valence-corrected chi connectivity index (χ3v) is 1.66. The molecule has 0 bridgehead atoms. The van der Waals surface area contributed by atoms with Crippen LogP contribution in [0.5, 0.6) is 0 Å². The largest absolute Gasteiger partial charge is 0.390 e. The van der Waals surface area contributed by atoms with Crippen molar-refractivity contribution in [2.24, 2.45) is 0 Å². The fourth-order valence-corrected chi connectivity index (χ4v) is 0.890. The Kier molecular flexibility index (Phi) is 3.70. The molecule has 0 aliphatic heterocycles. The van der Waals surface area contributed by atoms with E-state index in [-0.39, 0.29) is 0 Å². The van der Waals surface area contributed by atoms with E-state index in [2.05, 4.69) is 15.9 Å². The van der Waals surface area contributed by atoms with Crippen molar-refractivity contribution in [1.82, 2.24) is 0 Å². The van der Waals surface area contributed by atoms with E-state index in [4.69, 9.17) is 10.2 Å². The van der Waals surface area contributed by atoms with Crippen molar-refractivity contribution in [3.8, 4) is 0 Å². The third kappa shape index (κ3) is 3.89. The molecular formula is C6H13BrO2. The zero-order valence-corrected chi connectivity index (χ0v) is 7.35. The lowest BCUT2D eigenvalue weighted by molar-refractivity contribution is -0.0482. The van der Waals surface area contributed by atoms with E-state index in [1.165, 1.54) is 0 Å². The first-order valence-electron chi connectivity index (χ1n) is 2.95. The van der Waals surface area contributed by atoms with Gasteiger partial charge in [0.25, 0.3) is 0 Å². The monoisotopic (exact) mass is 196 g/mol. The summed E-state index contributed by atoms with van der Waals surface area (Å²) in [6, 6.07) is 0. The molecule has 2 N–H and O–H groups in total. The molecule has 56 valence electrons. The smallest absolute Gasteiger partial charge is 0.0849 e.